The lowest BCUT2D eigenvalue weighted by Gasteiger charge is -2.17. The van der Waals surface area contributed by atoms with Gasteiger partial charge in [0.1, 0.15) is 12.2 Å². The van der Waals surface area contributed by atoms with Gasteiger partial charge in [0.25, 0.3) is 5.56 Å². The number of ether oxygens (including phenoxy) is 1. The molecule has 1 amide bonds. The predicted octanol–water partition coefficient (Wildman–Crippen LogP) is 3.14. The van der Waals surface area contributed by atoms with Crippen molar-refractivity contribution in [2.45, 2.75) is 19.6 Å². The van der Waals surface area contributed by atoms with Crippen LogP contribution in [0.25, 0.3) is 17.1 Å². The number of aromatic amines is 1. The lowest BCUT2D eigenvalue weighted by Crippen LogP contribution is -2.40. The van der Waals surface area contributed by atoms with Gasteiger partial charge in [0.15, 0.2) is 5.82 Å². The fourth-order valence-corrected chi connectivity index (χ4v) is 4.65. The fourth-order valence-electron chi connectivity index (χ4n) is 4.19. The van der Waals surface area contributed by atoms with Gasteiger partial charge in [-0.15, -0.1) is 0 Å². The van der Waals surface area contributed by atoms with E-state index in [1.165, 1.54) is 30.2 Å². The quantitative estimate of drug-likeness (QED) is 0.412. The molecule has 0 saturated carbocycles. The maximum absolute atomic E-state index is 13.5. The highest BCUT2D eigenvalue weighted by Crippen LogP contribution is 2.33. The van der Waals surface area contributed by atoms with E-state index >= 15 is 0 Å². The summed E-state index contributed by atoms with van der Waals surface area (Å²) in [5, 5.41) is 0. The number of rotatable bonds is 5. The number of cyclic esters (lactones) is 1. The van der Waals surface area contributed by atoms with Crippen molar-refractivity contribution in [2.24, 2.45) is 0 Å². The minimum Gasteiger partial charge on any atom is -0.447 e. The number of alkyl halides is 3. The number of hydrogen-bond donors (Lipinski definition) is 1. The maximum atomic E-state index is 13.5. The zero-order valence-corrected chi connectivity index (χ0v) is 20.4. The van der Waals surface area contributed by atoms with Crippen LogP contribution in [0.4, 0.5) is 23.7 Å². The predicted molar refractivity (Wildman–Crippen MR) is 132 cm³/mol. The Morgan fingerprint density at radius 3 is 2.37 bits per heavy atom. The van der Waals surface area contributed by atoms with E-state index in [0.29, 0.717) is 29.5 Å². The summed E-state index contributed by atoms with van der Waals surface area (Å²) in [6, 6.07) is 9.80. The van der Waals surface area contributed by atoms with Crippen molar-refractivity contribution in [3.05, 3.63) is 95.9 Å². The Morgan fingerprint density at radius 2 is 1.76 bits per heavy atom. The number of anilines is 1. The monoisotopic (exact) mass is 545 g/mol. The summed E-state index contributed by atoms with van der Waals surface area (Å²) >= 11 is 0.576. The van der Waals surface area contributed by atoms with Crippen LogP contribution in [0.5, 0.6) is 0 Å². The third-order valence-corrected chi connectivity index (χ3v) is 6.69. The van der Waals surface area contributed by atoms with E-state index in [1.807, 2.05) is 0 Å². The van der Waals surface area contributed by atoms with Crippen LogP contribution >= 0.6 is 11.5 Å². The van der Waals surface area contributed by atoms with E-state index in [2.05, 4.69) is 9.36 Å². The molecule has 0 atom stereocenters. The van der Waals surface area contributed by atoms with Crippen LogP contribution in [-0.2, 0) is 17.5 Å². The molecular formula is C24H18F3N5O5S. The molecule has 14 heteroatoms. The number of benzene rings is 2. The smallest absolute Gasteiger partial charge is 0.416 e. The molecule has 4 aromatic rings. The van der Waals surface area contributed by atoms with Gasteiger partial charge in [0.05, 0.1) is 24.3 Å². The number of aromatic nitrogens is 4. The number of amides is 1. The first-order chi connectivity index (χ1) is 18.0. The molecule has 38 heavy (non-hydrogen) atoms. The summed E-state index contributed by atoms with van der Waals surface area (Å²) in [6.45, 7) is 1.43. The van der Waals surface area contributed by atoms with E-state index in [1.54, 1.807) is 24.3 Å². The maximum Gasteiger partial charge on any atom is 0.416 e. The number of carbonyl (C=O) groups is 1. The minimum atomic E-state index is -4.61. The molecule has 3 heterocycles. The number of carbonyl (C=O) groups excluding carboxylic acids is 1. The van der Waals surface area contributed by atoms with Crippen LogP contribution in [0.2, 0.25) is 0 Å². The van der Waals surface area contributed by atoms with Crippen LogP contribution in [0.15, 0.2) is 63.0 Å². The van der Waals surface area contributed by atoms with Crippen LogP contribution in [-0.4, -0.2) is 37.7 Å². The Kier molecular flexibility index (Phi) is 6.26. The van der Waals surface area contributed by atoms with Gasteiger partial charge in [-0.1, -0.05) is 12.1 Å². The Labute approximate surface area is 215 Å². The zero-order chi connectivity index (χ0) is 27.2. The van der Waals surface area contributed by atoms with Gasteiger partial charge in [-0.3, -0.25) is 28.6 Å². The van der Waals surface area contributed by atoms with Crippen molar-refractivity contribution in [2.75, 3.05) is 18.1 Å². The molecule has 5 rings (SSSR count). The average Bonchev–Trinajstić information content (AvgIpc) is 3.50. The largest absolute Gasteiger partial charge is 0.447 e. The van der Waals surface area contributed by atoms with Crippen molar-refractivity contribution in [1.82, 2.24) is 18.5 Å². The molecule has 0 aliphatic carbocycles. The fraction of sp³-hybridized carbons (Fsp3) is 0.208. The second kappa shape index (κ2) is 9.45. The molecule has 0 spiro atoms. The second-order valence-electron chi connectivity index (χ2n) is 8.40. The summed E-state index contributed by atoms with van der Waals surface area (Å²) in [5.41, 5.74) is -1.81. The highest BCUT2D eigenvalue weighted by Gasteiger charge is 2.33. The second-order valence-corrected chi connectivity index (χ2v) is 9.14. The molecule has 196 valence electrons. The van der Waals surface area contributed by atoms with E-state index in [-0.39, 0.29) is 29.1 Å². The summed E-state index contributed by atoms with van der Waals surface area (Å²) in [4.78, 5) is 53.7. The molecule has 10 nitrogen and oxygen atoms in total. The van der Waals surface area contributed by atoms with Crippen molar-refractivity contribution < 1.29 is 22.7 Å². The Morgan fingerprint density at radius 1 is 1.05 bits per heavy atom. The van der Waals surface area contributed by atoms with Gasteiger partial charge in [0.2, 0.25) is 0 Å². The van der Waals surface area contributed by atoms with Gasteiger partial charge in [0, 0.05) is 23.4 Å². The molecule has 1 N–H and O–H groups in total. The first-order valence-corrected chi connectivity index (χ1v) is 11.9. The molecule has 0 radical (unpaired) electrons. The van der Waals surface area contributed by atoms with Gasteiger partial charge in [-0.25, -0.2) is 9.59 Å². The van der Waals surface area contributed by atoms with Gasteiger partial charge in [-0.05, 0) is 48.4 Å². The minimum absolute atomic E-state index is 0.0790. The van der Waals surface area contributed by atoms with Gasteiger partial charge in [-0.2, -0.15) is 17.5 Å². The Balaban J connectivity index is 1.65. The Bertz CT molecular complexity index is 1720. The van der Waals surface area contributed by atoms with Crippen molar-refractivity contribution >= 4 is 23.3 Å². The summed E-state index contributed by atoms with van der Waals surface area (Å²) in [5.74, 6) is -0.0790. The van der Waals surface area contributed by atoms with E-state index in [4.69, 9.17) is 4.74 Å². The lowest BCUT2D eigenvalue weighted by atomic mass is 10.0. The van der Waals surface area contributed by atoms with Gasteiger partial charge < -0.3 is 4.74 Å². The number of H-pyrrole nitrogens is 1. The first-order valence-electron chi connectivity index (χ1n) is 11.2. The molecular weight excluding hydrogens is 527 g/mol. The number of nitrogens with zero attached hydrogens (tertiary/aromatic N) is 4. The van der Waals surface area contributed by atoms with E-state index in [0.717, 1.165) is 15.2 Å². The topological polar surface area (TPSA) is 119 Å². The molecule has 1 saturated heterocycles. The van der Waals surface area contributed by atoms with Crippen molar-refractivity contribution in [3.8, 4) is 17.1 Å². The third-order valence-electron chi connectivity index (χ3n) is 6.15. The summed E-state index contributed by atoms with van der Waals surface area (Å²) < 4.78 is 51.2. The lowest BCUT2D eigenvalue weighted by molar-refractivity contribution is -0.138. The summed E-state index contributed by atoms with van der Waals surface area (Å²) in [7, 11) is 0. The van der Waals surface area contributed by atoms with Crippen LogP contribution < -0.4 is 21.0 Å². The zero-order valence-electron chi connectivity index (χ0n) is 19.6. The van der Waals surface area contributed by atoms with E-state index in [9.17, 15) is 32.3 Å². The molecule has 2 aromatic heterocycles. The third kappa shape index (κ3) is 4.53. The van der Waals surface area contributed by atoms with E-state index < -0.39 is 40.5 Å². The molecule has 0 unspecified atom stereocenters. The van der Waals surface area contributed by atoms with Gasteiger partial charge >= 0.3 is 22.8 Å². The SMILES string of the molecule is Cc1c(Cn2c(=O)c(-c3nsc(=O)[nH]3)cn(-c3ccc(N4CCOC4=O)cc3)c2=O)cccc1C(F)(F)F. The highest BCUT2D eigenvalue weighted by atomic mass is 32.1. The summed E-state index contributed by atoms with van der Waals surface area (Å²) in [6.07, 6.45) is -3.91. The molecule has 1 aliphatic rings. The molecule has 1 aliphatic heterocycles. The van der Waals surface area contributed by atoms with Crippen LogP contribution in [0, 0.1) is 6.92 Å². The standard InChI is InChI=1S/C24H18F3N5O5S/c1-13-14(3-2-4-18(13)24(25,26)27)11-32-20(33)17(19-28-21(34)38-29-19)12-31(22(32)35)16-7-5-15(6-8-16)30-9-10-37-23(30)36/h2-8,12H,9-11H2,1H3,(H,28,29,34). The normalized spacial score (nSPS) is 13.7. The van der Waals surface area contributed by atoms with Crippen LogP contribution in [0.3, 0.4) is 0 Å². The van der Waals surface area contributed by atoms with Crippen LogP contribution in [0.1, 0.15) is 16.7 Å². The van der Waals surface area contributed by atoms with Crippen molar-refractivity contribution in [3.63, 3.8) is 0 Å². The Hall–Kier alpha value is -4.46. The molecule has 0 bridgehead atoms. The number of hydrogen-bond acceptors (Lipinski definition) is 7. The molecule has 1 fully saturated rings. The van der Waals surface area contributed by atoms with Crippen molar-refractivity contribution in [1.29, 1.82) is 0 Å². The number of nitrogens with one attached hydrogen (secondary N) is 1. The average molecular weight is 545 g/mol. The first kappa shape index (κ1) is 25.2. The molecule has 2 aromatic carbocycles. The highest BCUT2D eigenvalue weighted by molar-refractivity contribution is 7.03. The number of halogens is 3.